The highest BCUT2D eigenvalue weighted by atomic mass is 32.2. The van der Waals surface area contributed by atoms with E-state index in [4.69, 9.17) is 0 Å². The highest BCUT2D eigenvalue weighted by Crippen LogP contribution is 2.06. The zero-order valence-electron chi connectivity index (χ0n) is 10.8. The standard InChI is InChI=1S/C11H25NO2S2/c1-5-16(13,14)9-11(4)12-6-7-15-8-10(2)3/h10-12H,5-9H2,1-4H3. The van der Waals surface area contributed by atoms with E-state index in [1.165, 1.54) is 5.75 Å². The molecule has 0 aliphatic rings. The Morgan fingerprint density at radius 2 is 1.88 bits per heavy atom. The number of hydrogen-bond donors (Lipinski definition) is 1. The van der Waals surface area contributed by atoms with Crippen LogP contribution >= 0.6 is 11.8 Å². The van der Waals surface area contributed by atoms with E-state index in [1.54, 1.807) is 6.92 Å². The fourth-order valence-electron chi connectivity index (χ4n) is 1.25. The summed E-state index contributed by atoms with van der Waals surface area (Å²) < 4.78 is 22.7. The van der Waals surface area contributed by atoms with Crippen molar-refractivity contribution in [3.63, 3.8) is 0 Å². The number of rotatable bonds is 9. The molecule has 3 nitrogen and oxygen atoms in total. The van der Waals surface area contributed by atoms with Gasteiger partial charge in [0.2, 0.25) is 0 Å². The fraction of sp³-hybridized carbons (Fsp3) is 1.00. The van der Waals surface area contributed by atoms with E-state index in [9.17, 15) is 8.42 Å². The van der Waals surface area contributed by atoms with Gasteiger partial charge in [0.1, 0.15) is 0 Å². The Balaban J connectivity index is 3.55. The number of nitrogens with one attached hydrogen (secondary N) is 1. The predicted molar refractivity (Wildman–Crippen MR) is 74.0 cm³/mol. The summed E-state index contributed by atoms with van der Waals surface area (Å²) in [5.74, 6) is 3.43. The zero-order valence-corrected chi connectivity index (χ0v) is 12.5. The summed E-state index contributed by atoms with van der Waals surface area (Å²) in [5.41, 5.74) is 0. The molecule has 0 rings (SSSR count). The third-order valence-electron chi connectivity index (χ3n) is 2.13. The Morgan fingerprint density at radius 3 is 2.38 bits per heavy atom. The lowest BCUT2D eigenvalue weighted by Crippen LogP contribution is -2.35. The highest BCUT2D eigenvalue weighted by Gasteiger charge is 2.12. The lowest BCUT2D eigenvalue weighted by atomic mass is 10.3. The van der Waals surface area contributed by atoms with Crippen LogP contribution in [-0.4, -0.2) is 44.0 Å². The van der Waals surface area contributed by atoms with Crippen LogP contribution in [-0.2, 0) is 9.84 Å². The Kier molecular flexibility index (Phi) is 8.50. The molecule has 0 saturated heterocycles. The van der Waals surface area contributed by atoms with Crippen molar-refractivity contribution in [2.24, 2.45) is 5.92 Å². The normalized spacial score (nSPS) is 14.3. The molecule has 0 bridgehead atoms. The van der Waals surface area contributed by atoms with Crippen LogP contribution in [0.25, 0.3) is 0 Å². The van der Waals surface area contributed by atoms with Crippen molar-refractivity contribution in [1.82, 2.24) is 5.32 Å². The van der Waals surface area contributed by atoms with Crippen LogP contribution in [0.5, 0.6) is 0 Å². The number of hydrogen-bond acceptors (Lipinski definition) is 4. The second-order valence-electron chi connectivity index (χ2n) is 4.52. The van der Waals surface area contributed by atoms with E-state index in [0.29, 0.717) is 0 Å². The number of sulfone groups is 1. The molecule has 0 heterocycles. The molecule has 0 saturated carbocycles. The summed E-state index contributed by atoms with van der Waals surface area (Å²) in [6, 6.07) is 0.0598. The summed E-state index contributed by atoms with van der Waals surface area (Å²) >= 11 is 1.92. The van der Waals surface area contributed by atoms with Crippen LogP contribution in [0, 0.1) is 5.92 Å². The van der Waals surface area contributed by atoms with Crippen molar-refractivity contribution in [3.8, 4) is 0 Å². The largest absolute Gasteiger partial charge is 0.312 e. The maximum absolute atomic E-state index is 11.3. The predicted octanol–water partition coefficient (Wildman–Crippen LogP) is 1.79. The molecule has 0 aliphatic carbocycles. The van der Waals surface area contributed by atoms with Crippen LogP contribution in [0.1, 0.15) is 27.7 Å². The Hall–Kier alpha value is 0.260. The molecule has 0 aliphatic heterocycles. The van der Waals surface area contributed by atoms with Crippen molar-refractivity contribution in [2.45, 2.75) is 33.7 Å². The van der Waals surface area contributed by atoms with Gasteiger partial charge in [-0.05, 0) is 18.6 Å². The monoisotopic (exact) mass is 267 g/mol. The molecule has 1 N–H and O–H groups in total. The average molecular weight is 267 g/mol. The zero-order chi connectivity index (χ0) is 12.6. The van der Waals surface area contributed by atoms with Crippen LogP contribution in [0.3, 0.4) is 0 Å². The molecule has 0 spiro atoms. The quantitative estimate of drug-likeness (QED) is 0.647. The first-order valence-electron chi connectivity index (χ1n) is 5.89. The van der Waals surface area contributed by atoms with Gasteiger partial charge in [-0.1, -0.05) is 20.8 Å². The lowest BCUT2D eigenvalue weighted by Gasteiger charge is -2.13. The van der Waals surface area contributed by atoms with Gasteiger partial charge < -0.3 is 5.32 Å². The smallest absolute Gasteiger partial charge is 0.151 e. The topological polar surface area (TPSA) is 46.2 Å². The van der Waals surface area contributed by atoms with Gasteiger partial charge in [-0.3, -0.25) is 0 Å². The molecule has 0 aromatic carbocycles. The maximum atomic E-state index is 11.3. The minimum Gasteiger partial charge on any atom is -0.312 e. The van der Waals surface area contributed by atoms with Crippen LogP contribution in [0.2, 0.25) is 0 Å². The van der Waals surface area contributed by atoms with E-state index < -0.39 is 9.84 Å². The molecular weight excluding hydrogens is 242 g/mol. The molecule has 5 heteroatoms. The fourth-order valence-corrected chi connectivity index (χ4v) is 3.27. The molecule has 0 aromatic heterocycles. The minimum atomic E-state index is -2.84. The molecule has 1 unspecified atom stereocenters. The van der Waals surface area contributed by atoms with E-state index in [1.807, 2.05) is 18.7 Å². The highest BCUT2D eigenvalue weighted by molar-refractivity contribution is 7.99. The first-order valence-corrected chi connectivity index (χ1v) is 8.86. The van der Waals surface area contributed by atoms with Gasteiger partial charge >= 0.3 is 0 Å². The molecule has 0 aromatic rings. The van der Waals surface area contributed by atoms with Crippen LogP contribution in [0.4, 0.5) is 0 Å². The SMILES string of the molecule is CCS(=O)(=O)CC(C)NCCSCC(C)C. The van der Waals surface area contributed by atoms with E-state index in [2.05, 4.69) is 19.2 Å². The van der Waals surface area contributed by atoms with Crippen molar-refractivity contribution in [2.75, 3.05) is 29.6 Å². The summed E-state index contributed by atoms with van der Waals surface area (Å²) in [6.07, 6.45) is 0. The van der Waals surface area contributed by atoms with Gasteiger partial charge in [0.05, 0.1) is 5.75 Å². The minimum absolute atomic E-state index is 0.0598. The molecular formula is C11H25NO2S2. The van der Waals surface area contributed by atoms with Crippen LogP contribution < -0.4 is 5.32 Å². The van der Waals surface area contributed by atoms with E-state index in [-0.39, 0.29) is 17.5 Å². The first kappa shape index (κ1) is 16.3. The van der Waals surface area contributed by atoms with Gasteiger partial charge in [0, 0.05) is 24.1 Å². The van der Waals surface area contributed by atoms with Crippen LogP contribution in [0.15, 0.2) is 0 Å². The summed E-state index contributed by atoms with van der Waals surface area (Å²) in [4.78, 5) is 0. The maximum Gasteiger partial charge on any atom is 0.151 e. The van der Waals surface area contributed by atoms with E-state index in [0.717, 1.165) is 18.2 Å². The Morgan fingerprint density at radius 1 is 1.25 bits per heavy atom. The van der Waals surface area contributed by atoms with Crippen molar-refractivity contribution < 1.29 is 8.42 Å². The van der Waals surface area contributed by atoms with Gasteiger partial charge in [0.25, 0.3) is 0 Å². The Labute approximate surface area is 105 Å². The summed E-state index contributed by atoms with van der Waals surface area (Å²) in [7, 11) is -2.84. The number of thioether (sulfide) groups is 1. The van der Waals surface area contributed by atoms with Gasteiger partial charge in [-0.25, -0.2) is 8.42 Å². The van der Waals surface area contributed by atoms with Crippen molar-refractivity contribution in [1.29, 1.82) is 0 Å². The van der Waals surface area contributed by atoms with Gasteiger partial charge in [0.15, 0.2) is 9.84 Å². The molecule has 98 valence electrons. The van der Waals surface area contributed by atoms with Crippen molar-refractivity contribution >= 4 is 21.6 Å². The molecule has 0 radical (unpaired) electrons. The van der Waals surface area contributed by atoms with Crippen molar-refractivity contribution in [3.05, 3.63) is 0 Å². The third kappa shape index (κ3) is 9.48. The second-order valence-corrected chi connectivity index (χ2v) is 8.07. The average Bonchev–Trinajstić information content (AvgIpc) is 2.16. The van der Waals surface area contributed by atoms with E-state index >= 15 is 0 Å². The van der Waals surface area contributed by atoms with Gasteiger partial charge in [-0.2, -0.15) is 11.8 Å². The molecule has 0 fully saturated rings. The summed E-state index contributed by atoms with van der Waals surface area (Å²) in [5, 5.41) is 3.25. The third-order valence-corrected chi connectivity index (χ3v) is 5.42. The summed E-state index contributed by atoms with van der Waals surface area (Å²) in [6.45, 7) is 8.92. The second kappa shape index (κ2) is 8.37. The lowest BCUT2D eigenvalue weighted by molar-refractivity contribution is 0.568. The van der Waals surface area contributed by atoms with Gasteiger partial charge in [-0.15, -0.1) is 0 Å². The molecule has 1 atom stereocenters. The molecule has 0 amide bonds. The first-order chi connectivity index (χ1) is 7.37. The molecule has 16 heavy (non-hydrogen) atoms. The Bertz CT molecular complexity index is 263.